The summed E-state index contributed by atoms with van der Waals surface area (Å²) in [7, 11) is 0. The number of aryl methyl sites for hydroxylation is 2. The van der Waals surface area contributed by atoms with Crippen molar-refractivity contribution < 1.29 is 0 Å². The number of hydrogen-bond acceptors (Lipinski definition) is 2. The second kappa shape index (κ2) is 7.49. The Balaban J connectivity index is 1.73. The third-order valence-electron chi connectivity index (χ3n) is 5.82. The molecule has 0 aliphatic carbocycles. The van der Waals surface area contributed by atoms with E-state index in [-0.39, 0.29) is 0 Å². The average Bonchev–Trinajstić information content (AvgIpc) is 3.29. The number of H-pyrrole nitrogens is 1. The Labute approximate surface area is 179 Å². The molecule has 0 amide bonds. The maximum absolute atomic E-state index is 6.42. The molecule has 0 saturated heterocycles. The molecule has 0 aliphatic rings. The van der Waals surface area contributed by atoms with E-state index in [4.69, 9.17) is 17.3 Å². The molecule has 0 saturated carbocycles. The fourth-order valence-electron chi connectivity index (χ4n) is 4.27. The van der Waals surface area contributed by atoms with Gasteiger partial charge in [-0.05, 0) is 73.7 Å². The quantitative estimate of drug-likeness (QED) is 0.286. The Morgan fingerprint density at radius 2 is 1.76 bits per heavy atom. The summed E-state index contributed by atoms with van der Waals surface area (Å²) in [6.45, 7) is 2.82. The minimum atomic E-state index is 0.732. The third-order valence-corrected chi connectivity index (χ3v) is 7.38. The molecule has 2 heterocycles. The summed E-state index contributed by atoms with van der Waals surface area (Å²) in [5.41, 5.74) is 11.8. The van der Waals surface area contributed by atoms with Crippen LogP contribution in [0.15, 0.2) is 54.6 Å². The first-order chi connectivity index (χ1) is 14.2. The van der Waals surface area contributed by atoms with E-state index in [2.05, 4.69) is 60.4 Å². The van der Waals surface area contributed by atoms with E-state index in [0.29, 0.717) is 0 Å². The molecule has 4 heteroatoms. The highest BCUT2D eigenvalue weighted by Gasteiger charge is 2.16. The van der Waals surface area contributed by atoms with Gasteiger partial charge in [-0.3, -0.25) is 0 Å². The van der Waals surface area contributed by atoms with E-state index >= 15 is 0 Å². The molecule has 5 aromatic rings. The summed E-state index contributed by atoms with van der Waals surface area (Å²) < 4.78 is 2.66. The molecule has 3 aromatic carbocycles. The van der Waals surface area contributed by atoms with E-state index in [1.54, 1.807) is 0 Å². The zero-order valence-corrected chi connectivity index (χ0v) is 18.0. The number of rotatable bonds is 5. The summed E-state index contributed by atoms with van der Waals surface area (Å²) in [4.78, 5) is 3.71. The van der Waals surface area contributed by atoms with Gasteiger partial charge in [0, 0.05) is 36.3 Å². The van der Waals surface area contributed by atoms with Crippen LogP contribution in [0.5, 0.6) is 0 Å². The first-order valence-corrected chi connectivity index (χ1v) is 11.3. The smallest absolute Gasteiger partial charge is 0.0506 e. The lowest BCUT2D eigenvalue weighted by Gasteiger charge is -2.06. The van der Waals surface area contributed by atoms with Crippen LogP contribution in [0.4, 0.5) is 0 Å². The molecule has 29 heavy (non-hydrogen) atoms. The molecule has 5 rings (SSSR count). The molecule has 0 spiro atoms. The molecule has 0 bridgehead atoms. The minimum Gasteiger partial charge on any atom is -0.354 e. The molecular formula is C25H23ClN2S. The van der Waals surface area contributed by atoms with E-state index < -0.39 is 0 Å². The van der Waals surface area contributed by atoms with Crippen molar-refractivity contribution in [2.45, 2.75) is 26.2 Å². The van der Waals surface area contributed by atoms with Crippen molar-refractivity contribution in [1.82, 2.24) is 4.98 Å². The van der Waals surface area contributed by atoms with Crippen LogP contribution in [0.3, 0.4) is 0 Å². The van der Waals surface area contributed by atoms with Crippen molar-refractivity contribution in [1.29, 1.82) is 0 Å². The van der Waals surface area contributed by atoms with Crippen molar-refractivity contribution >= 4 is 54.0 Å². The van der Waals surface area contributed by atoms with E-state index in [0.717, 1.165) is 41.9 Å². The van der Waals surface area contributed by atoms with Crippen LogP contribution in [0, 0.1) is 6.92 Å². The highest BCUT2D eigenvalue weighted by atomic mass is 35.5. The molecule has 3 N–H and O–H groups in total. The van der Waals surface area contributed by atoms with Crippen LogP contribution in [0.2, 0.25) is 5.02 Å². The molecule has 0 unspecified atom stereocenters. The fourth-order valence-corrected chi connectivity index (χ4v) is 5.51. The molecule has 2 aromatic heterocycles. The summed E-state index contributed by atoms with van der Waals surface area (Å²) in [6.07, 6.45) is 3.13. The van der Waals surface area contributed by atoms with Crippen molar-refractivity contribution in [3.8, 4) is 11.3 Å². The largest absolute Gasteiger partial charge is 0.354 e. The van der Waals surface area contributed by atoms with Gasteiger partial charge in [-0.25, -0.2) is 0 Å². The number of benzene rings is 3. The van der Waals surface area contributed by atoms with Crippen LogP contribution in [0.25, 0.3) is 42.3 Å². The Kier molecular flexibility index (Phi) is 4.83. The van der Waals surface area contributed by atoms with Gasteiger partial charge in [0.25, 0.3) is 0 Å². The zero-order valence-electron chi connectivity index (χ0n) is 16.4. The summed E-state index contributed by atoms with van der Waals surface area (Å²) in [5.74, 6) is 0. The highest BCUT2D eigenvalue weighted by Crippen LogP contribution is 2.39. The maximum atomic E-state index is 6.42. The van der Waals surface area contributed by atoms with E-state index in [1.165, 1.54) is 42.4 Å². The lowest BCUT2D eigenvalue weighted by atomic mass is 9.98. The Morgan fingerprint density at radius 1 is 0.931 bits per heavy atom. The SMILES string of the molecule is Cc1c(Cl)ccc2c(CCCCN)c(-c3ccc4sc5ccccc5c4c3)[nH]c12. The predicted molar refractivity (Wildman–Crippen MR) is 128 cm³/mol. The number of thiophene rings is 1. The normalized spacial score (nSPS) is 11.8. The number of hydrogen-bond donors (Lipinski definition) is 2. The number of halogens is 1. The van der Waals surface area contributed by atoms with E-state index in [9.17, 15) is 0 Å². The zero-order chi connectivity index (χ0) is 20.0. The number of fused-ring (bicyclic) bond motifs is 4. The van der Waals surface area contributed by atoms with Crippen LogP contribution >= 0.6 is 22.9 Å². The van der Waals surface area contributed by atoms with Gasteiger partial charge < -0.3 is 10.7 Å². The molecule has 0 atom stereocenters. The first-order valence-electron chi connectivity index (χ1n) is 10.1. The molecule has 2 nitrogen and oxygen atoms in total. The summed E-state index contributed by atoms with van der Waals surface area (Å²) >= 11 is 8.27. The molecule has 0 radical (unpaired) electrons. The van der Waals surface area contributed by atoms with Crippen LogP contribution < -0.4 is 5.73 Å². The van der Waals surface area contributed by atoms with Crippen molar-refractivity contribution in [2.24, 2.45) is 5.73 Å². The minimum absolute atomic E-state index is 0.732. The summed E-state index contributed by atoms with van der Waals surface area (Å²) in [6, 6.07) is 19.6. The summed E-state index contributed by atoms with van der Waals surface area (Å²) in [5, 5.41) is 4.73. The highest BCUT2D eigenvalue weighted by molar-refractivity contribution is 7.25. The first kappa shape index (κ1) is 18.7. The van der Waals surface area contributed by atoms with Gasteiger partial charge >= 0.3 is 0 Å². The van der Waals surface area contributed by atoms with Gasteiger partial charge in [-0.1, -0.05) is 41.9 Å². The second-order valence-electron chi connectivity index (χ2n) is 7.63. The van der Waals surface area contributed by atoms with Gasteiger partial charge in [0.2, 0.25) is 0 Å². The third kappa shape index (κ3) is 3.14. The fraction of sp³-hybridized carbons (Fsp3) is 0.200. The molecule has 146 valence electrons. The topological polar surface area (TPSA) is 41.8 Å². The van der Waals surface area contributed by atoms with Gasteiger partial charge in [0.05, 0.1) is 5.52 Å². The Bertz CT molecular complexity index is 1350. The van der Waals surface area contributed by atoms with Crippen LogP contribution in [-0.2, 0) is 6.42 Å². The van der Waals surface area contributed by atoms with Gasteiger partial charge in [0.1, 0.15) is 0 Å². The van der Waals surface area contributed by atoms with Crippen molar-refractivity contribution in [3.63, 3.8) is 0 Å². The number of nitrogens with one attached hydrogen (secondary N) is 1. The monoisotopic (exact) mass is 418 g/mol. The number of unbranched alkanes of at least 4 members (excludes halogenated alkanes) is 1. The van der Waals surface area contributed by atoms with Crippen LogP contribution in [0.1, 0.15) is 24.0 Å². The number of aromatic amines is 1. The molecule has 0 fully saturated rings. The van der Waals surface area contributed by atoms with Gasteiger partial charge in [-0.15, -0.1) is 11.3 Å². The average molecular weight is 419 g/mol. The maximum Gasteiger partial charge on any atom is 0.0506 e. The molecule has 0 aliphatic heterocycles. The lowest BCUT2D eigenvalue weighted by Crippen LogP contribution is -1.99. The lowest BCUT2D eigenvalue weighted by molar-refractivity contribution is 0.748. The Hall–Kier alpha value is -2.33. The molecular weight excluding hydrogens is 396 g/mol. The van der Waals surface area contributed by atoms with E-state index in [1.807, 2.05) is 17.4 Å². The number of aromatic nitrogens is 1. The second-order valence-corrected chi connectivity index (χ2v) is 9.12. The van der Waals surface area contributed by atoms with Gasteiger partial charge in [-0.2, -0.15) is 0 Å². The van der Waals surface area contributed by atoms with Gasteiger partial charge in [0.15, 0.2) is 0 Å². The van der Waals surface area contributed by atoms with Crippen molar-refractivity contribution in [3.05, 3.63) is 70.7 Å². The van der Waals surface area contributed by atoms with Crippen LogP contribution in [-0.4, -0.2) is 11.5 Å². The Morgan fingerprint density at radius 3 is 2.62 bits per heavy atom. The van der Waals surface area contributed by atoms with Crippen molar-refractivity contribution in [2.75, 3.05) is 6.54 Å². The standard InChI is InChI=1S/C25H23ClN2S/c1-15-21(26)11-10-19-18(7-4-5-13-27)25(28-24(15)19)16-9-12-23-20(14-16)17-6-2-3-8-22(17)29-23/h2-3,6,8-12,14,28H,4-5,7,13,27H2,1H3. The number of nitrogens with two attached hydrogens (primary N) is 1. The predicted octanol–water partition coefficient (Wildman–Crippen LogP) is 7.45.